The molecule has 2 rings (SSSR count). The van der Waals surface area contributed by atoms with Crippen LogP contribution in [0.1, 0.15) is 32.6 Å². The minimum Gasteiger partial charge on any atom is -0.352 e. The van der Waals surface area contributed by atoms with Crippen molar-refractivity contribution >= 4 is 44.5 Å². The number of nitrogens with one attached hydrogen (secondary N) is 1. The fourth-order valence-electron chi connectivity index (χ4n) is 2.33. The predicted molar refractivity (Wildman–Crippen MR) is 89.8 cm³/mol. The van der Waals surface area contributed by atoms with Gasteiger partial charge in [0.15, 0.2) is 0 Å². The van der Waals surface area contributed by atoms with Crippen LogP contribution in [0, 0.1) is 0 Å². The average molecular weight is 373 g/mol. The van der Waals surface area contributed by atoms with Gasteiger partial charge in [-0.2, -0.15) is 0 Å². The van der Waals surface area contributed by atoms with Gasteiger partial charge in [-0.1, -0.05) is 15.9 Å². The number of aromatic nitrogens is 2. The Labute approximate surface area is 138 Å². The van der Waals surface area contributed by atoms with E-state index in [9.17, 15) is 4.79 Å². The summed E-state index contributed by atoms with van der Waals surface area (Å²) in [7, 11) is 0. The predicted octanol–water partition coefficient (Wildman–Crippen LogP) is 3.67. The Hall–Kier alpha value is -1.07. The van der Waals surface area contributed by atoms with Gasteiger partial charge < -0.3 is 9.88 Å². The van der Waals surface area contributed by atoms with Crippen LogP contribution in [0.3, 0.4) is 0 Å². The summed E-state index contributed by atoms with van der Waals surface area (Å²) >= 11 is 9.35. The summed E-state index contributed by atoms with van der Waals surface area (Å²) in [6.07, 6.45) is 0.632. The van der Waals surface area contributed by atoms with E-state index in [1.807, 2.05) is 43.5 Å². The first kappa shape index (κ1) is 16.3. The third-order valence-electron chi connectivity index (χ3n) is 3.24. The average Bonchev–Trinajstić information content (AvgIpc) is 2.74. The van der Waals surface area contributed by atoms with Crippen molar-refractivity contribution in [3.63, 3.8) is 0 Å². The zero-order chi connectivity index (χ0) is 15.6. The van der Waals surface area contributed by atoms with Gasteiger partial charge in [0.05, 0.1) is 11.0 Å². The Morgan fingerprint density at radius 1 is 1.43 bits per heavy atom. The molecule has 0 aliphatic heterocycles. The molecule has 0 radical (unpaired) electrons. The highest BCUT2D eigenvalue weighted by Crippen LogP contribution is 2.25. The fourth-order valence-corrected chi connectivity index (χ4v) is 2.85. The smallest absolute Gasteiger partial charge is 0.243 e. The monoisotopic (exact) mass is 371 g/mol. The van der Waals surface area contributed by atoms with E-state index in [1.165, 1.54) is 0 Å². The van der Waals surface area contributed by atoms with E-state index in [2.05, 4.69) is 26.2 Å². The maximum Gasteiger partial charge on any atom is 0.243 e. The van der Waals surface area contributed by atoms with Crippen molar-refractivity contribution in [1.29, 1.82) is 0 Å². The van der Waals surface area contributed by atoms with Crippen molar-refractivity contribution in [2.75, 3.05) is 5.88 Å². The third kappa shape index (κ3) is 3.58. The summed E-state index contributed by atoms with van der Waals surface area (Å²) in [5.74, 6) is 1.30. The third-order valence-corrected chi connectivity index (χ3v) is 3.92. The van der Waals surface area contributed by atoms with E-state index in [1.54, 1.807) is 0 Å². The molecule has 1 N–H and O–H groups in total. The zero-order valence-corrected chi connectivity index (χ0v) is 14.7. The maximum absolute atomic E-state index is 12.3. The lowest BCUT2D eigenvalue weighted by atomic mass is 10.2. The SMILES string of the molecule is CC(C)NC(=O)C(C)n1c(CCCl)nc2ccc(Br)cc21. The molecule has 0 fully saturated rings. The number of alkyl halides is 1. The molecule has 2 aromatic rings. The van der Waals surface area contributed by atoms with Crippen LogP contribution in [-0.2, 0) is 11.2 Å². The number of imidazole rings is 1. The Morgan fingerprint density at radius 3 is 2.76 bits per heavy atom. The molecule has 4 nitrogen and oxygen atoms in total. The largest absolute Gasteiger partial charge is 0.352 e. The molecule has 0 spiro atoms. The van der Waals surface area contributed by atoms with Crippen LogP contribution in [0.4, 0.5) is 0 Å². The molecule has 0 saturated heterocycles. The van der Waals surface area contributed by atoms with Gasteiger partial charge in [0.2, 0.25) is 5.91 Å². The van der Waals surface area contributed by atoms with Crippen LogP contribution in [0.25, 0.3) is 11.0 Å². The highest BCUT2D eigenvalue weighted by atomic mass is 79.9. The number of nitrogens with zero attached hydrogens (tertiary/aromatic N) is 2. The lowest BCUT2D eigenvalue weighted by molar-refractivity contribution is -0.124. The van der Waals surface area contributed by atoms with Crippen LogP contribution < -0.4 is 5.32 Å². The van der Waals surface area contributed by atoms with E-state index < -0.39 is 0 Å². The van der Waals surface area contributed by atoms with Gasteiger partial charge in [-0.15, -0.1) is 11.6 Å². The highest BCUT2D eigenvalue weighted by Gasteiger charge is 2.21. The second-order valence-corrected chi connectivity index (χ2v) is 6.60. The summed E-state index contributed by atoms with van der Waals surface area (Å²) in [5.41, 5.74) is 1.82. The van der Waals surface area contributed by atoms with E-state index in [0.717, 1.165) is 21.3 Å². The Kier molecular flexibility index (Phi) is 5.27. The highest BCUT2D eigenvalue weighted by molar-refractivity contribution is 9.10. The molecule has 0 aliphatic rings. The Balaban J connectivity index is 2.50. The molecule has 0 aliphatic carbocycles. The van der Waals surface area contributed by atoms with Crippen LogP contribution in [0.2, 0.25) is 0 Å². The number of amides is 1. The Morgan fingerprint density at radius 2 is 2.14 bits per heavy atom. The van der Waals surface area contributed by atoms with Crippen molar-refractivity contribution in [1.82, 2.24) is 14.9 Å². The second-order valence-electron chi connectivity index (χ2n) is 5.31. The number of carbonyl (C=O) groups is 1. The molecule has 1 unspecified atom stereocenters. The van der Waals surface area contributed by atoms with Crippen molar-refractivity contribution in [2.24, 2.45) is 0 Å². The van der Waals surface area contributed by atoms with Crippen molar-refractivity contribution in [2.45, 2.75) is 39.3 Å². The molecule has 0 saturated carbocycles. The van der Waals surface area contributed by atoms with Gasteiger partial charge in [0.1, 0.15) is 11.9 Å². The number of carbonyl (C=O) groups excluding carboxylic acids is 1. The molecule has 0 bridgehead atoms. The number of benzene rings is 1. The molecular weight excluding hydrogens is 354 g/mol. The number of halogens is 2. The van der Waals surface area contributed by atoms with E-state index in [4.69, 9.17) is 11.6 Å². The summed E-state index contributed by atoms with van der Waals surface area (Å²) in [6.45, 7) is 5.79. The van der Waals surface area contributed by atoms with Gasteiger partial charge in [-0.25, -0.2) is 4.98 Å². The lowest BCUT2D eigenvalue weighted by Crippen LogP contribution is -2.36. The molecular formula is C15H19BrClN3O. The van der Waals surface area contributed by atoms with Crippen LogP contribution in [-0.4, -0.2) is 27.4 Å². The lowest BCUT2D eigenvalue weighted by Gasteiger charge is -2.19. The summed E-state index contributed by atoms with van der Waals surface area (Å²) in [6, 6.07) is 5.66. The topological polar surface area (TPSA) is 46.9 Å². The van der Waals surface area contributed by atoms with E-state index >= 15 is 0 Å². The first-order valence-electron chi connectivity index (χ1n) is 6.96. The first-order valence-corrected chi connectivity index (χ1v) is 8.29. The van der Waals surface area contributed by atoms with E-state index in [0.29, 0.717) is 12.3 Å². The summed E-state index contributed by atoms with van der Waals surface area (Å²) < 4.78 is 2.94. The van der Waals surface area contributed by atoms with E-state index in [-0.39, 0.29) is 18.0 Å². The van der Waals surface area contributed by atoms with Crippen molar-refractivity contribution in [3.8, 4) is 0 Å². The minimum atomic E-state index is -0.329. The number of rotatable bonds is 5. The van der Waals surface area contributed by atoms with Crippen LogP contribution in [0.5, 0.6) is 0 Å². The molecule has 21 heavy (non-hydrogen) atoms. The summed E-state index contributed by atoms with van der Waals surface area (Å²) in [5, 5.41) is 2.95. The quantitative estimate of drug-likeness (QED) is 0.814. The van der Waals surface area contributed by atoms with Gasteiger partial charge in [-0.05, 0) is 39.0 Å². The fraction of sp³-hybridized carbons (Fsp3) is 0.467. The van der Waals surface area contributed by atoms with Crippen molar-refractivity contribution < 1.29 is 4.79 Å². The minimum absolute atomic E-state index is 0.0138. The Bertz CT molecular complexity index is 654. The van der Waals surface area contributed by atoms with Gasteiger partial charge in [0.25, 0.3) is 0 Å². The van der Waals surface area contributed by atoms with Gasteiger partial charge in [0, 0.05) is 22.8 Å². The van der Waals surface area contributed by atoms with Crippen molar-refractivity contribution in [3.05, 3.63) is 28.5 Å². The molecule has 1 heterocycles. The number of fused-ring (bicyclic) bond motifs is 1. The second kappa shape index (κ2) is 6.79. The molecule has 1 amide bonds. The molecule has 1 atom stereocenters. The molecule has 1 aromatic carbocycles. The van der Waals surface area contributed by atoms with Gasteiger partial charge in [-0.3, -0.25) is 4.79 Å². The standard InChI is InChI=1S/C15H19BrClN3O/c1-9(2)18-15(21)10(3)20-13-8-11(16)4-5-12(13)19-14(20)6-7-17/h4-5,8-10H,6-7H2,1-3H3,(H,18,21). The van der Waals surface area contributed by atoms with Crippen LogP contribution in [0.15, 0.2) is 22.7 Å². The molecule has 6 heteroatoms. The first-order chi connectivity index (χ1) is 9.93. The zero-order valence-electron chi connectivity index (χ0n) is 12.4. The normalized spacial score (nSPS) is 12.9. The number of hydrogen-bond acceptors (Lipinski definition) is 2. The van der Waals surface area contributed by atoms with Crippen LogP contribution >= 0.6 is 27.5 Å². The summed E-state index contributed by atoms with van der Waals surface area (Å²) in [4.78, 5) is 16.9. The molecule has 1 aromatic heterocycles. The number of aryl methyl sites for hydroxylation is 1. The number of hydrogen-bond donors (Lipinski definition) is 1. The van der Waals surface area contributed by atoms with Gasteiger partial charge >= 0.3 is 0 Å². The molecule has 114 valence electrons. The maximum atomic E-state index is 12.3.